The van der Waals surface area contributed by atoms with Gasteiger partial charge in [-0.05, 0) is 51.3 Å². The van der Waals surface area contributed by atoms with Gasteiger partial charge in [0.25, 0.3) is 0 Å². The molecule has 2 saturated heterocycles. The predicted octanol–water partition coefficient (Wildman–Crippen LogP) is 3.03. The minimum Gasteiger partial charge on any atom is -0.342 e. The van der Waals surface area contributed by atoms with Crippen LogP contribution in [0.15, 0.2) is 35.5 Å². The van der Waals surface area contributed by atoms with Crippen molar-refractivity contribution in [2.24, 2.45) is 0 Å². The average molecular weight is 400 g/mol. The summed E-state index contributed by atoms with van der Waals surface area (Å²) in [6.45, 7) is 7.60. The molecule has 2 aliphatic rings. The summed E-state index contributed by atoms with van der Waals surface area (Å²) in [5.74, 6) is 1.21. The smallest absolute Gasteiger partial charge is 0.235 e. The van der Waals surface area contributed by atoms with Crippen LogP contribution in [0.2, 0.25) is 0 Å². The highest BCUT2D eigenvalue weighted by molar-refractivity contribution is 8.00. The number of carbonyl (C=O) groups is 1. The lowest BCUT2D eigenvalue weighted by Crippen LogP contribution is -2.34. The van der Waals surface area contributed by atoms with E-state index >= 15 is 0 Å². The predicted molar refractivity (Wildman–Crippen MR) is 111 cm³/mol. The van der Waals surface area contributed by atoms with Gasteiger partial charge in [-0.3, -0.25) is 9.69 Å². The van der Waals surface area contributed by atoms with Crippen molar-refractivity contribution >= 4 is 17.7 Å². The maximum absolute atomic E-state index is 12.7. The zero-order valence-electron chi connectivity index (χ0n) is 16.6. The van der Waals surface area contributed by atoms with Crippen molar-refractivity contribution < 1.29 is 4.79 Å². The molecule has 0 aliphatic carbocycles. The Hall–Kier alpha value is -1.86. The fraction of sp³-hybridized carbons (Fsp3) is 0.571. The first-order chi connectivity index (χ1) is 13.7. The standard InChI is InChI=1S/C21H29N5OS/c1-17(20(27)25-13-7-8-14-25)28-21-23-22-19(16-24-11-5-6-12-24)26(21)15-18-9-3-2-4-10-18/h2-4,9-10,17H,5-8,11-16H2,1H3. The summed E-state index contributed by atoms with van der Waals surface area (Å²) >= 11 is 1.54. The molecule has 0 saturated carbocycles. The van der Waals surface area contributed by atoms with Crippen molar-refractivity contribution in [3.05, 3.63) is 41.7 Å². The number of nitrogens with zero attached hydrogens (tertiary/aromatic N) is 5. The van der Waals surface area contributed by atoms with E-state index in [4.69, 9.17) is 0 Å². The molecule has 1 amide bonds. The first-order valence-electron chi connectivity index (χ1n) is 10.3. The third-order valence-electron chi connectivity index (χ3n) is 5.59. The number of benzene rings is 1. The maximum Gasteiger partial charge on any atom is 0.235 e. The van der Waals surface area contributed by atoms with Crippen LogP contribution < -0.4 is 0 Å². The molecule has 1 atom stereocenters. The van der Waals surface area contributed by atoms with Crippen LogP contribution in [0.4, 0.5) is 0 Å². The van der Waals surface area contributed by atoms with E-state index in [1.54, 1.807) is 11.8 Å². The highest BCUT2D eigenvalue weighted by Gasteiger charge is 2.26. The van der Waals surface area contributed by atoms with Crippen LogP contribution in [0, 0.1) is 0 Å². The zero-order valence-corrected chi connectivity index (χ0v) is 17.4. The molecule has 7 heteroatoms. The van der Waals surface area contributed by atoms with Gasteiger partial charge in [0.15, 0.2) is 5.16 Å². The molecule has 2 aromatic rings. The lowest BCUT2D eigenvalue weighted by molar-refractivity contribution is -0.129. The van der Waals surface area contributed by atoms with E-state index in [1.165, 1.54) is 18.4 Å². The third-order valence-corrected chi connectivity index (χ3v) is 6.66. The van der Waals surface area contributed by atoms with E-state index in [-0.39, 0.29) is 11.2 Å². The summed E-state index contributed by atoms with van der Waals surface area (Å²) in [5.41, 5.74) is 1.23. The van der Waals surface area contributed by atoms with Crippen LogP contribution in [-0.4, -0.2) is 61.9 Å². The molecule has 0 spiro atoms. The molecule has 1 unspecified atom stereocenters. The SMILES string of the molecule is CC(Sc1nnc(CN2CCCC2)n1Cc1ccccc1)C(=O)N1CCCC1. The van der Waals surface area contributed by atoms with Crippen LogP contribution in [0.25, 0.3) is 0 Å². The van der Waals surface area contributed by atoms with Crippen LogP contribution in [0.1, 0.15) is 44.0 Å². The van der Waals surface area contributed by atoms with Crippen molar-refractivity contribution in [2.75, 3.05) is 26.2 Å². The second-order valence-electron chi connectivity index (χ2n) is 7.75. The Balaban J connectivity index is 1.53. The van der Waals surface area contributed by atoms with Gasteiger partial charge in [0.2, 0.25) is 5.91 Å². The van der Waals surface area contributed by atoms with E-state index in [1.807, 2.05) is 17.9 Å². The first-order valence-corrected chi connectivity index (χ1v) is 11.2. The minimum atomic E-state index is -0.142. The number of thioether (sulfide) groups is 1. The molecule has 0 bridgehead atoms. The van der Waals surface area contributed by atoms with Crippen molar-refractivity contribution in [3.63, 3.8) is 0 Å². The van der Waals surface area contributed by atoms with Gasteiger partial charge in [-0.2, -0.15) is 0 Å². The first kappa shape index (κ1) is 19.5. The number of amides is 1. The van der Waals surface area contributed by atoms with Gasteiger partial charge in [0.1, 0.15) is 5.82 Å². The van der Waals surface area contributed by atoms with Gasteiger partial charge in [0, 0.05) is 13.1 Å². The van der Waals surface area contributed by atoms with Gasteiger partial charge >= 0.3 is 0 Å². The molecule has 1 aromatic carbocycles. The average Bonchev–Trinajstić information content (AvgIpc) is 3.47. The molecule has 1 aromatic heterocycles. The second-order valence-corrected chi connectivity index (χ2v) is 9.05. The van der Waals surface area contributed by atoms with E-state index in [0.717, 1.165) is 63.1 Å². The largest absolute Gasteiger partial charge is 0.342 e. The molecule has 0 radical (unpaired) electrons. The molecule has 28 heavy (non-hydrogen) atoms. The van der Waals surface area contributed by atoms with Crippen molar-refractivity contribution in [3.8, 4) is 0 Å². The molecular formula is C21H29N5OS. The van der Waals surface area contributed by atoms with E-state index < -0.39 is 0 Å². The number of rotatable bonds is 7. The van der Waals surface area contributed by atoms with E-state index in [9.17, 15) is 4.79 Å². The van der Waals surface area contributed by atoms with Crippen molar-refractivity contribution in [1.82, 2.24) is 24.6 Å². The van der Waals surface area contributed by atoms with Crippen molar-refractivity contribution in [1.29, 1.82) is 0 Å². The summed E-state index contributed by atoms with van der Waals surface area (Å²) in [5, 5.41) is 9.70. The van der Waals surface area contributed by atoms with Gasteiger partial charge in [0.05, 0.1) is 18.3 Å². The Morgan fingerprint density at radius 1 is 1.00 bits per heavy atom. The quantitative estimate of drug-likeness (QED) is 0.670. The highest BCUT2D eigenvalue weighted by Crippen LogP contribution is 2.26. The fourth-order valence-electron chi connectivity index (χ4n) is 3.99. The molecule has 150 valence electrons. The minimum absolute atomic E-state index is 0.142. The normalized spacial score (nSPS) is 18.7. The maximum atomic E-state index is 12.7. The van der Waals surface area contributed by atoms with Gasteiger partial charge in [-0.25, -0.2) is 0 Å². The van der Waals surface area contributed by atoms with Gasteiger partial charge in [-0.1, -0.05) is 42.1 Å². The summed E-state index contributed by atoms with van der Waals surface area (Å²) in [7, 11) is 0. The summed E-state index contributed by atoms with van der Waals surface area (Å²) in [6.07, 6.45) is 4.76. The Kier molecular flexibility index (Phi) is 6.32. The van der Waals surface area contributed by atoms with Gasteiger partial charge in [-0.15, -0.1) is 10.2 Å². The van der Waals surface area contributed by atoms with Crippen molar-refractivity contribution in [2.45, 2.75) is 56.1 Å². The molecule has 6 nitrogen and oxygen atoms in total. The Morgan fingerprint density at radius 3 is 2.39 bits per heavy atom. The molecule has 3 heterocycles. The second kappa shape index (κ2) is 9.09. The molecule has 2 fully saturated rings. The number of carbonyl (C=O) groups excluding carboxylic acids is 1. The summed E-state index contributed by atoms with van der Waals surface area (Å²) in [6, 6.07) is 10.4. The zero-order chi connectivity index (χ0) is 19.3. The molecule has 0 N–H and O–H groups in total. The Bertz CT molecular complexity index is 781. The van der Waals surface area contributed by atoms with E-state index in [2.05, 4.69) is 43.9 Å². The highest BCUT2D eigenvalue weighted by atomic mass is 32.2. The van der Waals surface area contributed by atoms with E-state index in [0.29, 0.717) is 0 Å². The number of likely N-dealkylation sites (tertiary alicyclic amines) is 2. The number of aromatic nitrogens is 3. The number of hydrogen-bond donors (Lipinski definition) is 0. The number of hydrogen-bond acceptors (Lipinski definition) is 5. The third kappa shape index (κ3) is 4.58. The monoisotopic (exact) mass is 399 g/mol. The molecule has 4 rings (SSSR count). The van der Waals surface area contributed by atoms with Crippen LogP contribution in [-0.2, 0) is 17.9 Å². The lowest BCUT2D eigenvalue weighted by Gasteiger charge is -2.20. The van der Waals surface area contributed by atoms with Gasteiger partial charge < -0.3 is 9.47 Å². The van der Waals surface area contributed by atoms with Crippen LogP contribution >= 0.6 is 11.8 Å². The Labute approximate surface area is 171 Å². The summed E-state index contributed by atoms with van der Waals surface area (Å²) in [4.78, 5) is 17.2. The fourth-order valence-corrected chi connectivity index (χ4v) is 4.94. The lowest BCUT2D eigenvalue weighted by atomic mass is 10.2. The van der Waals surface area contributed by atoms with Crippen LogP contribution in [0.5, 0.6) is 0 Å². The molecule has 2 aliphatic heterocycles. The topological polar surface area (TPSA) is 54.3 Å². The molecular weight excluding hydrogens is 370 g/mol. The van der Waals surface area contributed by atoms with Crippen LogP contribution in [0.3, 0.4) is 0 Å². The Morgan fingerprint density at radius 2 is 1.68 bits per heavy atom. The summed E-state index contributed by atoms with van der Waals surface area (Å²) < 4.78 is 2.20.